The number of nitrogens with one attached hydrogen (secondary N) is 1. The number of rotatable bonds is 3. The Morgan fingerprint density at radius 3 is 2.69 bits per heavy atom. The third-order valence-electron chi connectivity index (χ3n) is 4.24. The fourth-order valence-electron chi connectivity index (χ4n) is 2.73. The van der Waals surface area contributed by atoms with Gasteiger partial charge in [0.2, 0.25) is 0 Å². The maximum Gasteiger partial charge on any atom is 0.273 e. The van der Waals surface area contributed by atoms with Gasteiger partial charge in [0.25, 0.3) is 5.91 Å². The van der Waals surface area contributed by atoms with Crippen LogP contribution in [0.1, 0.15) is 21.6 Å². The molecule has 0 radical (unpaired) electrons. The number of thiazole rings is 1. The summed E-state index contributed by atoms with van der Waals surface area (Å²) in [4.78, 5) is 18.2. The van der Waals surface area contributed by atoms with Gasteiger partial charge in [0.15, 0.2) is 4.96 Å². The smallest absolute Gasteiger partial charge is 0.273 e. The normalized spacial score (nSPS) is 11.0. The number of benzene rings is 2. The molecule has 0 atom stereocenters. The van der Waals surface area contributed by atoms with E-state index in [2.05, 4.69) is 29.4 Å². The van der Waals surface area contributed by atoms with Crippen molar-refractivity contribution in [3.05, 3.63) is 75.9 Å². The van der Waals surface area contributed by atoms with Crippen molar-refractivity contribution in [1.82, 2.24) is 9.38 Å². The molecule has 0 aliphatic heterocycles. The fourth-order valence-corrected chi connectivity index (χ4v) is 3.75. The number of imidazole rings is 1. The summed E-state index contributed by atoms with van der Waals surface area (Å²) < 4.78 is 1.83. The van der Waals surface area contributed by atoms with Crippen LogP contribution < -0.4 is 5.32 Å². The number of carbonyl (C=O) groups excluding carboxylic acids is 1. The number of anilines is 1. The second-order valence-corrected chi connectivity index (χ2v) is 7.45. The zero-order valence-corrected chi connectivity index (χ0v) is 15.9. The summed E-state index contributed by atoms with van der Waals surface area (Å²) in [6.07, 6.45) is 1.90. The second-order valence-electron chi connectivity index (χ2n) is 6.18. The van der Waals surface area contributed by atoms with Crippen LogP contribution in [-0.2, 0) is 0 Å². The molecule has 0 saturated carbocycles. The molecule has 2 aromatic carbocycles. The summed E-state index contributed by atoms with van der Waals surface area (Å²) in [6.45, 7) is 3.98. The molecule has 26 heavy (non-hydrogen) atoms. The molecule has 1 N–H and O–H groups in total. The molecule has 4 nitrogen and oxygen atoms in total. The standard InChI is InChI=1S/C20H16ClN3OS/c1-12-3-6-14(7-4-12)17-10-24-18(11-26-20(24)23-17)19(25)22-16-9-15(21)8-5-13(16)2/h3-11H,1-2H3,(H,22,25). The first-order chi connectivity index (χ1) is 12.5. The van der Waals surface area contributed by atoms with Crippen LogP contribution >= 0.6 is 22.9 Å². The largest absolute Gasteiger partial charge is 0.320 e. The van der Waals surface area contributed by atoms with Crippen LogP contribution in [0.25, 0.3) is 16.2 Å². The van der Waals surface area contributed by atoms with Crippen LogP contribution in [0, 0.1) is 13.8 Å². The van der Waals surface area contributed by atoms with Gasteiger partial charge in [-0.2, -0.15) is 0 Å². The van der Waals surface area contributed by atoms with E-state index in [1.807, 2.05) is 41.1 Å². The Balaban J connectivity index is 1.67. The van der Waals surface area contributed by atoms with E-state index in [1.54, 1.807) is 12.1 Å². The highest BCUT2D eigenvalue weighted by atomic mass is 35.5. The first-order valence-corrected chi connectivity index (χ1v) is 9.38. The Bertz CT molecular complexity index is 1110. The molecule has 2 heterocycles. The molecule has 6 heteroatoms. The van der Waals surface area contributed by atoms with Gasteiger partial charge in [-0.3, -0.25) is 9.20 Å². The van der Waals surface area contributed by atoms with E-state index < -0.39 is 0 Å². The minimum atomic E-state index is -0.186. The van der Waals surface area contributed by atoms with Crippen LogP contribution in [0.5, 0.6) is 0 Å². The predicted octanol–water partition coefficient (Wildman–Crippen LogP) is 5.59. The van der Waals surface area contributed by atoms with E-state index in [1.165, 1.54) is 16.9 Å². The predicted molar refractivity (Wildman–Crippen MR) is 107 cm³/mol. The molecule has 1 amide bonds. The molecule has 4 rings (SSSR count). The zero-order chi connectivity index (χ0) is 18.3. The van der Waals surface area contributed by atoms with Crippen LogP contribution in [0.15, 0.2) is 54.0 Å². The fraction of sp³-hybridized carbons (Fsp3) is 0.100. The maximum absolute atomic E-state index is 12.7. The van der Waals surface area contributed by atoms with E-state index in [9.17, 15) is 4.79 Å². The first kappa shape index (κ1) is 16.8. The topological polar surface area (TPSA) is 46.4 Å². The first-order valence-electron chi connectivity index (χ1n) is 8.12. The van der Waals surface area contributed by atoms with Crippen molar-refractivity contribution < 1.29 is 4.79 Å². The van der Waals surface area contributed by atoms with E-state index in [-0.39, 0.29) is 5.91 Å². The van der Waals surface area contributed by atoms with Gasteiger partial charge in [-0.1, -0.05) is 47.5 Å². The van der Waals surface area contributed by atoms with Crippen molar-refractivity contribution in [2.45, 2.75) is 13.8 Å². The van der Waals surface area contributed by atoms with Gasteiger partial charge >= 0.3 is 0 Å². The molecule has 4 aromatic rings. The number of aromatic nitrogens is 2. The van der Waals surface area contributed by atoms with Gasteiger partial charge in [-0.25, -0.2) is 4.98 Å². The van der Waals surface area contributed by atoms with Crippen LogP contribution in [0.3, 0.4) is 0 Å². The van der Waals surface area contributed by atoms with E-state index in [0.29, 0.717) is 16.4 Å². The highest BCUT2D eigenvalue weighted by Crippen LogP contribution is 2.25. The van der Waals surface area contributed by atoms with Gasteiger partial charge in [-0.05, 0) is 31.5 Å². The Hall–Kier alpha value is -2.63. The number of carbonyl (C=O) groups is 1. The number of hydrogen-bond donors (Lipinski definition) is 1. The number of fused-ring (bicyclic) bond motifs is 1. The monoisotopic (exact) mass is 381 g/mol. The summed E-state index contributed by atoms with van der Waals surface area (Å²) >= 11 is 7.48. The van der Waals surface area contributed by atoms with Gasteiger partial charge in [0.1, 0.15) is 5.69 Å². The second kappa shape index (κ2) is 6.59. The minimum Gasteiger partial charge on any atom is -0.320 e. The summed E-state index contributed by atoms with van der Waals surface area (Å²) in [5, 5.41) is 5.34. The lowest BCUT2D eigenvalue weighted by atomic mass is 10.1. The van der Waals surface area contributed by atoms with Crippen molar-refractivity contribution in [2.24, 2.45) is 0 Å². The van der Waals surface area contributed by atoms with Gasteiger partial charge in [0.05, 0.1) is 5.69 Å². The molecule has 0 spiro atoms. The lowest BCUT2D eigenvalue weighted by molar-refractivity contribution is 0.102. The van der Waals surface area contributed by atoms with Crippen molar-refractivity contribution in [1.29, 1.82) is 0 Å². The molecule has 130 valence electrons. The minimum absolute atomic E-state index is 0.186. The molecule has 0 bridgehead atoms. The summed E-state index contributed by atoms with van der Waals surface area (Å²) in [5.41, 5.74) is 5.30. The van der Waals surface area contributed by atoms with Crippen molar-refractivity contribution in [2.75, 3.05) is 5.32 Å². The highest BCUT2D eigenvalue weighted by molar-refractivity contribution is 7.15. The number of aryl methyl sites for hydroxylation is 2. The number of nitrogens with zero attached hydrogens (tertiary/aromatic N) is 2. The third-order valence-corrected chi connectivity index (χ3v) is 5.31. The SMILES string of the molecule is Cc1ccc(-c2cn3c(C(=O)Nc4cc(Cl)ccc4C)csc3n2)cc1. The summed E-state index contributed by atoms with van der Waals surface area (Å²) in [6, 6.07) is 13.6. The molecule has 0 fully saturated rings. The molecular formula is C20H16ClN3OS. The van der Waals surface area contributed by atoms with E-state index in [0.717, 1.165) is 21.8 Å². The Labute approximate surface area is 160 Å². The van der Waals surface area contributed by atoms with Crippen molar-refractivity contribution >= 4 is 39.5 Å². The molecule has 0 saturated heterocycles. The van der Waals surface area contributed by atoms with Gasteiger partial charge < -0.3 is 5.32 Å². The molecular weight excluding hydrogens is 366 g/mol. The molecule has 0 unspecified atom stereocenters. The Morgan fingerprint density at radius 1 is 1.15 bits per heavy atom. The maximum atomic E-state index is 12.7. The van der Waals surface area contributed by atoms with Crippen LogP contribution in [0.4, 0.5) is 5.69 Å². The summed E-state index contributed by atoms with van der Waals surface area (Å²) in [7, 11) is 0. The van der Waals surface area contributed by atoms with Crippen molar-refractivity contribution in [3.63, 3.8) is 0 Å². The average molecular weight is 382 g/mol. The van der Waals surface area contributed by atoms with Gasteiger partial charge in [-0.15, -0.1) is 11.3 Å². The van der Waals surface area contributed by atoms with E-state index >= 15 is 0 Å². The van der Waals surface area contributed by atoms with E-state index in [4.69, 9.17) is 11.6 Å². The molecule has 0 aliphatic carbocycles. The average Bonchev–Trinajstić information content (AvgIpc) is 3.19. The quantitative estimate of drug-likeness (QED) is 0.503. The summed E-state index contributed by atoms with van der Waals surface area (Å²) in [5.74, 6) is -0.186. The lowest BCUT2D eigenvalue weighted by Gasteiger charge is -2.08. The molecule has 0 aliphatic rings. The van der Waals surface area contributed by atoms with Crippen LogP contribution in [-0.4, -0.2) is 15.3 Å². The van der Waals surface area contributed by atoms with Crippen molar-refractivity contribution in [3.8, 4) is 11.3 Å². The Kier molecular flexibility index (Phi) is 4.26. The van der Waals surface area contributed by atoms with Gasteiger partial charge in [0, 0.05) is 27.9 Å². The number of halogens is 1. The third kappa shape index (κ3) is 3.11. The zero-order valence-electron chi connectivity index (χ0n) is 14.3. The lowest BCUT2D eigenvalue weighted by Crippen LogP contribution is -2.14. The number of hydrogen-bond acceptors (Lipinski definition) is 3. The number of amides is 1. The molecule has 2 aromatic heterocycles. The Morgan fingerprint density at radius 2 is 1.92 bits per heavy atom. The highest BCUT2D eigenvalue weighted by Gasteiger charge is 2.16. The van der Waals surface area contributed by atoms with Crippen LogP contribution in [0.2, 0.25) is 5.02 Å².